The van der Waals surface area contributed by atoms with Crippen LogP contribution in [0, 0.1) is 11.8 Å². The van der Waals surface area contributed by atoms with Crippen molar-refractivity contribution in [3.63, 3.8) is 0 Å². The third-order valence-electron chi connectivity index (χ3n) is 11.0. The van der Waals surface area contributed by atoms with E-state index in [1.54, 1.807) is 6.20 Å². The van der Waals surface area contributed by atoms with Crippen LogP contribution < -0.4 is 10.2 Å². The van der Waals surface area contributed by atoms with E-state index in [1.165, 1.54) is 18.2 Å². The van der Waals surface area contributed by atoms with E-state index in [9.17, 15) is 23.1 Å². The first-order valence-electron chi connectivity index (χ1n) is 18.1. The Morgan fingerprint density at radius 1 is 1.06 bits per heavy atom. The molecule has 1 aliphatic heterocycles. The number of hydrogen-bond donors (Lipinski definition) is 2. The van der Waals surface area contributed by atoms with Crippen LogP contribution in [0.2, 0.25) is 0 Å². The molecule has 2 N–H and O–H groups in total. The van der Waals surface area contributed by atoms with E-state index in [0.29, 0.717) is 42.7 Å². The van der Waals surface area contributed by atoms with Crippen LogP contribution in [0.4, 0.5) is 24.9 Å². The summed E-state index contributed by atoms with van der Waals surface area (Å²) in [6.07, 6.45) is 8.60. The number of hydrogen-bond acceptors (Lipinski definition) is 7. The Morgan fingerprint density at radius 3 is 2.47 bits per heavy atom. The molecule has 3 aromatic rings. The van der Waals surface area contributed by atoms with Gasteiger partial charge in [0.05, 0.1) is 23.9 Å². The molecule has 1 saturated carbocycles. The maximum atomic E-state index is 13.3. The summed E-state index contributed by atoms with van der Waals surface area (Å²) in [6, 6.07) is 10.4. The van der Waals surface area contributed by atoms with Gasteiger partial charge < -0.3 is 20.2 Å². The van der Waals surface area contributed by atoms with E-state index in [1.807, 2.05) is 13.1 Å². The fourth-order valence-corrected chi connectivity index (χ4v) is 8.34. The number of aliphatic carboxylic acids is 1. The molecule has 49 heavy (non-hydrogen) atoms. The van der Waals surface area contributed by atoms with Gasteiger partial charge in [-0.1, -0.05) is 43.7 Å². The zero-order valence-electron chi connectivity index (χ0n) is 28.7. The quantitative estimate of drug-likeness (QED) is 0.206. The maximum absolute atomic E-state index is 13.3. The van der Waals surface area contributed by atoms with Crippen molar-refractivity contribution in [1.82, 2.24) is 24.6 Å². The van der Waals surface area contributed by atoms with Crippen molar-refractivity contribution in [1.29, 1.82) is 0 Å². The van der Waals surface area contributed by atoms with Crippen molar-refractivity contribution >= 4 is 17.7 Å². The molecule has 1 saturated heterocycles. The summed E-state index contributed by atoms with van der Waals surface area (Å²) in [5, 5.41) is 17.4. The Bertz CT molecular complexity index is 1530. The zero-order chi connectivity index (χ0) is 34.5. The van der Waals surface area contributed by atoms with Gasteiger partial charge in [0.25, 0.3) is 0 Å². The molecule has 9 nitrogen and oxygen atoms in total. The molecule has 3 heterocycles. The summed E-state index contributed by atoms with van der Waals surface area (Å²) in [4.78, 5) is 26.6. The second kappa shape index (κ2) is 15.5. The minimum Gasteiger partial charge on any atom is -0.481 e. The highest BCUT2D eigenvalue weighted by Gasteiger charge is 2.35. The monoisotopic (exact) mass is 681 g/mol. The second-order valence-corrected chi connectivity index (χ2v) is 14.3. The molecular weight excluding hydrogens is 631 g/mol. The number of carboxylic acid groups (broad SMARTS) is 1. The summed E-state index contributed by atoms with van der Waals surface area (Å²) in [5.74, 6) is 1.05. The van der Waals surface area contributed by atoms with E-state index >= 15 is 0 Å². The highest BCUT2D eigenvalue weighted by molar-refractivity contribution is 5.70. The SMILES string of the molecule is CC[C@H](C1CCC(C(=O)O)CC1)N(C)c1nc2c(c(N[C@@H](CN3CCCCC3)c3cnn(CC(F)(F)F)c3)n1)C[C@H](c1ccccc1)CC2. The molecule has 3 atom stereocenters. The number of nitrogens with one attached hydrogen (secondary N) is 1. The maximum Gasteiger partial charge on any atom is 0.408 e. The number of fused-ring (bicyclic) bond motifs is 1. The lowest BCUT2D eigenvalue weighted by Crippen LogP contribution is -2.41. The van der Waals surface area contributed by atoms with Gasteiger partial charge in [-0.25, -0.2) is 4.98 Å². The van der Waals surface area contributed by atoms with Gasteiger partial charge in [0.1, 0.15) is 12.4 Å². The first-order chi connectivity index (χ1) is 23.6. The fraction of sp³-hybridized carbons (Fsp3) is 0.622. The number of nitrogens with zero attached hydrogens (tertiary/aromatic N) is 6. The normalized spacial score (nSPS) is 23.0. The number of anilines is 2. The molecule has 0 unspecified atom stereocenters. The van der Waals surface area contributed by atoms with Crippen molar-refractivity contribution in [2.24, 2.45) is 11.8 Å². The smallest absolute Gasteiger partial charge is 0.408 e. The fourth-order valence-electron chi connectivity index (χ4n) is 8.34. The van der Waals surface area contributed by atoms with Crippen molar-refractivity contribution in [3.05, 3.63) is 65.1 Å². The molecule has 0 bridgehead atoms. The van der Waals surface area contributed by atoms with Crippen molar-refractivity contribution in [2.75, 3.05) is 36.9 Å². The standard InChI is InChI=1S/C37H50F3N7O2/c1-3-33(26-12-14-27(15-13-26)35(48)49)45(2)36-43-31-17-16-28(25-10-6-4-7-11-25)20-30(31)34(44-36)42-32(23-46-18-8-5-9-19-46)29-21-41-47(22-29)24-37(38,39)40/h4,6-7,10-11,21-22,26-28,32-33H,3,5,8-9,12-20,23-24H2,1-2H3,(H,48,49)(H,42,43,44)/t26?,27?,28-,32+,33-/m1/s1. The predicted octanol–water partition coefficient (Wildman–Crippen LogP) is 7.25. The first kappa shape index (κ1) is 35.2. The summed E-state index contributed by atoms with van der Waals surface area (Å²) in [7, 11) is 2.05. The molecule has 0 radical (unpaired) electrons. The van der Waals surface area contributed by atoms with Crippen LogP contribution in [0.3, 0.4) is 0 Å². The topological polar surface area (TPSA) is 99.4 Å². The Balaban J connectivity index is 1.34. The van der Waals surface area contributed by atoms with Crippen molar-refractivity contribution in [3.8, 4) is 0 Å². The molecule has 3 aliphatic rings. The average Bonchev–Trinajstić information content (AvgIpc) is 3.56. The number of aromatic nitrogens is 4. The number of aryl methyl sites for hydroxylation is 1. The van der Waals surface area contributed by atoms with Crippen LogP contribution in [-0.2, 0) is 24.2 Å². The number of halogens is 3. The third-order valence-corrected chi connectivity index (χ3v) is 11.0. The summed E-state index contributed by atoms with van der Waals surface area (Å²) >= 11 is 0. The Hall–Kier alpha value is -3.67. The van der Waals surface area contributed by atoms with Gasteiger partial charge in [-0.3, -0.25) is 9.48 Å². The number of piperidine rings is 1. The van der Waals surface area contributed by atoms with Gasteiger partial charge in [0.15, 0.2) is 0 Å². The van der Waals surface area contributed by atoms with Crippen LogP contribution in [-0.4, -0.2) is 74.6 Å². The second-order valence-electron chi connectivity index (χ2n) is 14.3. The number of carboxylic acids is 1. The molecule has 6 rings (SSSR count). The molecule has 12 heteroatoms. The van der Waals surface area contributed by atoms with Gasteiger partial charge in [0, 0.05) is 37.0 Å². The molecule has 2 aliphatic carbocycles. The Morgan fingerprint density at radius 2 is 1.80 bits per heavy atom. The summed E-state index contributed by atoms with van der Waals surface area (Å²) < 4.78 is 40.9. The number of carbonyl (C=O) groups is 1. The van der Waals surface area contributed by atoms with E-state index in [0.717, 1.165) is 86.2 Å². The van der Waals surface area contributed by atoms with Crippen LogP contribution in [0.15, 0.2) is 42.7 Å². The molecule has 1 aromatic carbocycles. The number of rotatable bonds is 12. The zero-order valence-corrected chi connectivity index (χ0v) is 28.7. The van der Waals surface area contributed by atoms with E-state index in [-0.39, 0.29) is 18.0 Å². The van der Waals surface area contributed by atoms with Crippen LogP contribution in [0.5, 0.6) is 0 Å². The van der Waals surface area contributed by atoms with Gasteiger partial charge >= 0.3 is 12.1 Å². The molecule has 266 valence electrons. The van der Waals surface area contributed by atoms with Gasteiger partial charge in [-0.05, 0) is 94.7 Å². The number of benzene rings is 1. The molecule has 0 spiro atoms. The largest absolute Gasteiger partial charge is 0.481 e. The van der Waals surface area contributed by atoms with E-state index in [4.69, 9.17) is 9.97 Å². The summed E-state index contributed by atoms with van der Waals surface area (Å²) in [5.41, 5.74) is 4.06. The minimum atomic E-state index is -4.36. The minimum absolute atomic E-state index is 0.158. The van der Waals surface area contributed by atoms with Gasteiger partial charge in [-0.15, -0.1) is 0 Å². The molecule has 2 fully saturated rings. The molecular formula is C37H50F3N7O2. The first-order valence-corrected chi connectivity index (χ1v) is 18.1. The van der Waals surface area contributed by atoms with Crippen LogP contribution in [0.25, 0.3) is 0 Å². The van der Waals surface area contributed by atoms with Crippen LogP contribution >= 0.6 is 0 Å². The average molecular weight is 682 g/mol. The predicted molar refractivity (Wildman–Crippen MR) is 184 cm³/mol. The van der Waals surface area contributed by atoms with E-state index in [2.05, 4.69) is 51.4 Å². The third kappa shape index (κ3) is 8.74. The van der Waals surface area contributed by atoms with E-state index < -0.39 is 18.7 Å². The lowest BCUT2D eigenvalue weighted by molar-refractivity contribution is -0.143. The lowest BCUT2D eigenvalue weighted by Gasteiger charge is -2.38. The highest BCUT2D eigenvalue weighted by atomic mass is 19.4. The Labute approximate surface area is 287 Å². The van der Waals surface area contributed by atoms with Gasteiger partial charge in [-0.2, -0.15) is 23.3 Å². The summed E-state index contributed by atoms with van der Waals surface area (Å²) in [6.45, 7) is 3.56. The van der Waals surface area contributed by atoms with Crippen molar-refractivity contribution < 1.29 is 23.1 Å². The highest BCUT2D eigenvalue weighted by Crippen LogP contribution is 2.39. The number of alkyl halides is 3. The lowest BCUT2D eigenvalue weighted by atomic mass is 9.77. The van der Waals surface area contributed by atoms with Crippen LogP contribution in [0.1, 0.15) is 99.1 Å². The number of likely N-dealkylation sites (tertiary alicyclic amines) is 1. The molecule has 2 aromatic heterocycles. The van der Waals surface area contributed by atoms with Gasteiger partial charge in [0.2, 0.25) is 5.95 Å². The molecule has 0 amide bonds. The van der Waals surface area contributed by atoms with Crippen molar-refractivity contribution in [2.45, 2.75) is 108 Å². The Kier molecular flexibility index (Phi) is 11.1.